The van der Waals surface area contributed by atoms with Gasteiger partial charge in [0.2, 0.25) is 23.6 Å². The third kappa shape index (κ3) is 5.26. The summed E-state index contributed by atoms with van der Waals surface area (Å²) >= 11 is 0. The van der Waals surface area contributed by atoms with Gasteiger partial charge < -0.3 is 8.83 Å². The molecule has 3 aliphatic rings. The van der Waals surface area contributed by atoms with Crippen LogP contribution in [0.15, 0.2) is 8.83 Å². The van der Waals surface area contributed by atoms with E-state index < -0.39 is 0 Å². The minimum Gasteiger partial charge on any atom is -0.425 e. The van der Waals surface area contributed by atoms with Crippen molar-refractivity contribution < 1.29 is 8.83 Å². The summed E-state index contributed by atoms with van der Waals surface area (Å²) in [6, 6.07) is 0. The van der Waals surface area contributed by atoms with Gasteiger partial charge >= 0.3 is 0 Å². The molecule has 3 saturated carbocycles. The summed E-state index contributed by atoms with van der Waals surface area (Å²) in [4.78, 5) is 0. The maximum atomic E-state index is 6.28. The fourth-order valence-corrected chi connectivity index (χ4v) is 6.86. The van der Waals surface area contributed by atoms with Crippen molar-refractivity contribution in [3.05, 3.63) is 23.6 Å². The van der Waals surface area contributed by atoms with Gasteiger partial charge in [0, 0.05) is 23.7 Å². The molecule has 0 spiro atoms. The molecule has 6 nitrogen and oxygen atoms in total. The van der Waals surface area contributed by atoms with Crippen molar-refractivity contribution in [1.82, 2.24) is 20.4 Å². The fraction of sp³-hybridized carbons (Fsp3) is 0.857. The monoisotopic (exact) mass is 468 g/mol. The summed E-state index contributed by atoms with van der Waals surface area (Å²) in [7, 11) is 0. The highest BCUT2D eigenvalue weighted by Gasteiger charge is 2.34. The van der Waals surface area contributed by atoms with E-state index in [9.17, 15) is 0 Å². The zero-order valence-corrected chi connectivity index (χ0v) is 21.7. The maximum absolute atomic E-state index is 6.28. The highest BCUT2D eigenvalue weighted by Crippen LogP contribution is 2.44. The zero-order chi connectivity index (χ0) is 23.7. The van der Waals surface area contributed by atoms with E-state index in [0.29, 0.717) is 23.7 Å². The maximum Gasteiger partial charge on any atom is 0.219 e. The van der Waals surface area contributed by atoms with Gasteiger partial charge in [-0.05, 0) is 94.3 Å². The second kappa shape index (κ2) is 10.5. The second-order valence-electron chi connectivity index (χ2n) is 12.2. The number of hydrogen-bond donors (Lipinski definition) is 0. The Morgan fingerprint density at radius 3 is 1.21 bits per heavy atom. The molecule has 0 aliphatic heterocycles. The Labute approximate surface area is 205 Å². The van der Waals surface area contributed by atoms with E-state index in [4.69, 9.17) is 8.83 Å². The lowest BCUT2D eigenvalue weighted by molar-refractivity contribution is 0.230. The van der Waals surface area contributed by atoms with Gasteiger partial charge in [-0.3, -0.25) is 0 Å². The highest BCUT2D eigenvalue weighted by molar-refractivity contribution is 5.05. The third-order valence-electron chi connectivity index (χ3n) is 9.41. The van der Waals surface area contributed by atoms with Crippen molar-refractivity contribution in [1.29, 1.82) is 0 Å². The smallest absolute Gasteiger partial charge is 0.219 e. The van der Waals surface area contributed by atoms with Crippen LogP contribution in [0.2, 0.25) is 0 Å². The van der Waals surface area contributed by atoms with Crippen molar-refractivity contribution in [2.45, 2.75) is 128 Å². The van der Waals surface area contributed by atoms with Gasteiger partial charge in [-0.25, -0.2) is 0 Å². The van der Waals surface area contributed by atoms with Gasteiger partial charge in [0.15, 0.2) is 0 Å². The standard InChI is InChI=1S/C28H44N4O2/c1-17(2)19-8-12-21(13-9-19)25-29-31-27(33-25)23-6-5-7-24(16-23)28-32-30-26(34-28)22-14-10-20(11-15-22)18(3)4/h17-24H,5-16H2,1-4H3. The van der Waals surface area contributed by atoms with Gasteiger partial charge in [0.05, 0.1) is 0 Å². The summed E-state index contributed by atoms with van der Waals surface area (Å²) in [5.41, 5.74) is 0. The average Bonchev–Trinajstić information content (AvgIpc) is 3.55. The van der Waals surface area contributed by atoms with Crippen LogP contribution in [0.4, 0.5) is 0 Å². The molecular weight excluding hydrogens is 424 g/mol. The normalized spacial score (nSPS) is 33.0. The quantitative estimate of drug-likeness (QED) is 0.431. The molecule has 0 radical (unpaired) electrons. The van der Waals surface area contributed by atoms with Crippen LogP contribution in [0.5, 0.6) is 0 Å². The summed E-state index contributed by atoms with van der Waals surface area (Å²) in [5, 5.41) is 18.0. The summed E-state index contributed by atoms with van der Waals surface area (Å²) in [5.74, 6) is 8.16. The Kier molecular flexibility index (Phi) is 7.41. The van der Waals surface area contributed by atoms with Crippen LogP contribution in [-0.4, -0.2) is 20.4 Å². The van der Waals surface area contributed by atoms with Crippen molar-refractivity contribution in [2.24, 2.45) is 23.7 Å². The van der Waals surface area contributed by atoms with Crippen LogP contribution in [0.3, 0.4) is 0 Å². The van der Waals surface area contributed by atoms with Crippen LogP contribution in [0, 0.1) is 23.7 Å². The average molecular weight is 469 g/mol. The van der Waals surface area contributed by atoms with E-state index in [-0.39, 0.29) is 0 Å². The second-order valence-corrected chi connectivity index (χ2v) is 12.2. The summed E-state index contributed by atoms with van der Waals surface area (Å²) in [6.45, 7) is 9.38. The lowest BCUT2D eigenvalue weighted by Crippen LogP contribution is -2.17. The Morgan fingerprint density at radius 2 is 0.853 bits per heavy atom. The molecule has 2 heterocycles. The van der Waals surface area contributed by atoms with Crippen molar-refractivity contribution in [3.63, 3.8) is 0 Å². The first kappa shape index (κ1) is 24.0. The largest absolute Gasteiger partial charge is 0.425 e. The van der Waals surface area contributed by atoms with Gasteiger partial charge in [-0.15, -0.1) is 20.4 Å². The molecule has 6 heteroatoms. The predicted molar refractivity (Wildman–Crippen MR) is 132 cm³/mol. The van der Waals surface area contributed by atoms with Crippen LogP contribution in [0.1, 0.15) is 152 Å². The SMILES string of the molecule is CC(C)C1CCC(c2nnc(C3CCCC(c4nnc(C5CCC(C(C)C)CC5)o4)C3)o2)CC1. The van der Waals surface area contributed by atoms with E-state index in [1.54, 1.807) is 0 Å². The van der Waals surface area contributed by atoms with Crippen molar-refractivity contribution >= 4 is 0 Å². The van der Waals surface area contributed by atoms with Gasteiger partial charge in [0.25, 0.3) is 0 Å². The molecule has 3 aliphatic carbocycles. The molecule has 188 valence electrons. The number of rotatable bonds is 6. The molecule has 2 unspecified atom stereocenters. The number of hydrogen-bond acceptors (Lipinski definition) is 6. The molecule has 2 aromatic rings. The Hall–Kier alpha value is -1.72. The highest BCUT2D eigenvalue weighted by atomic mass is 16.4. The van der Waals surface area contributed by atoms with E-state index in [1.807, 2.05) is 0 Å². The molecule has 34 heavy (non-hydrogen) atoms. The van der Waals surface area contributed by atoms with E-state index in [2.05, 4.69) is 48.1 Å². The van der Waals surface area contributed by atoms with Crippen molar-refractivity contribution in [3.8, 4) is 0 Å². The molecule has 0 N–H and O–H groups in total. The first-order valence-corrected chi connectivity index (χ1v) is 14.1. The molecule has 5 rings (SSSR count). The lowest BCUT2D eigenvalue weighted by atomic mass is 9.77. The Morgan fingerprint density at radius 1 is 0.500 bits per heavy atom. The van der Waals surface area contributed by atoms with E-state index in [0.717, 1.165) is 72.9 Å². The van der Waals surface area contributed by atoms with E-state index >= 15 is 0 Å². The molecular formula is C28H44N4O2. The molecule has 2 aromatic heterocycles. The lowest BCUT2D eigenvalue weighted by Gasteiger charge is -2.29. The minimum absolute atomic E-state index is 0.309. The molecule has 0 bridgehead atoms. The topological polar surface area (TPSA) is 77.8 Å². The summed E-state index contributed by atoms with van der Waals surface area (Å²) < 4.78 is 12.6. The Bertz CT molecular complexity index is 831. The van der Waals surface area contributed by atoms with Crippen LogP contribution < -0.4 is 0 Å². The van der Waals surface area contributed by atoms with Crippen LogP contribution in [0.25, 0.3) is 0 Å². The molecule has 0 amide bonds. The van der Waals surface area contributed by atoms with E-state index in [1.165, 1.54) is 51.4 Å². The van der Waals surface area contributed by atoms with Crippen LogP contribution in [-0.2, 0) is 0 Å². The van der Waals surface area contributed by atoms with Gasteiger partial charge in [-0.1, -0.05) is 34.1 Å². The molecule has 0 saturated heterocycles. The first-order chi connectivity index (χ1) is 16.5. The molecule has 2 atom stereocenters. The van der Waals surface area contributed by atoms with Crippen molar-refractivity contribution in [2.75, 3.05) is 0 Å². The number of nitrogens with zero attached hydrogens (tertiary/aromatic N) is 4. The summed E-state index contributed by atoms with van der Waals surface area (Å²) in [6.07, 6.45) is 14.2. The predicted octanol–water partition coefficient (Wildman–Crippen LogP) is 7.75. The third-order valence-corrected chi connectivity index (χ3v) is 9.41. The van der Waals surface area contributed by atoms with Gasteiger partial charge in [-0.2, -0.15) is 0 Å². The molecule has 0 aromatic carbocycles. The zero-order valence-electron chi connectivity index (χ0n) is 21.7. The van der Waals surface area contributed by atoms with Crippen LogP contribution >= 0.6 is 0 Å². The molecule has 3 fully saturated rings. The number of aromatic nitrogens is 4. The first-order valence-electron chi connectivity index (χ1n) is 14.1. The Balaban J connectivity index is 1.18. The minimum atomic E-state index is 0.309. The van der Waals surface area contributed by atoms with Gasteiger partial charge in [0.1, 0.15) is 0 Å². The fourth-order valence-electron chi connectivity index (χ4n) is 6.86.